The van der Waals surface area contributed by atoms with E-state index >= 15 is 0 Å². The Kier molecular flexibility index (Phi) is 2.68. The predicted octanol–water partition coefficient (Wildman–Crippen LogP) is 3.27. The number of aromatic amines is 1. The topological polar surface area (TPSA) is 41.8 Å². The molecule has 0 spiro atoms. The number of hydrogen-bond acceptors (Lipinski definition) is 3. The van der Waals surface area contributed by atoms with E-state index in [-0.39, 0.29) is 0 Å². The molecule has 0 aromatic carbocycles. The van der Waals surface area contributed by atoms with Crippen LogP contribution in [0.15, 0.2) is 22.8 Å². The number of rotatable bonds is 2. The summed E-state index contributed by atoms with van der Waals surface area (Å²) in [5.74, 6) is 1.47. The second-order valence-electron chi connectivity index (χ2n) is 3.38. The van der Waals surface area contributed by atoms with Crippen molar-refractivity contribution in [1.29, 1.82) is 0 Å². The number of H-pyrrole nitrogens is 1. The zero-order chi connectivity index (χ0) is 10.8. The van der Waals surface area contributed by atoms with Crippen LogP contribution in [0.1, 0.15) is 18.2 Å². The highest BCUT2D eigenvalue weighted by Crippen LogP contribution is 2.20. The summed E-state index contributed by atoms with van der Waals surface area (Å²) in [7, 11) is 0. The third-order valence-corrected chi connectivity index (χ3v) is 2.47. The van der Waals surface area contributed by atoms with Crippen LogP contribution in [0.4, 0.5) is 0 Å². The van der Waals surface area contributed by atoms with Crippen molar-refractivity contribution in [3.8, 4) is 11.6 Å². The number of aryl methyl sites for hydroxylation is 2. The van der Waals surface area contributed by atoms with E-state index in [1.54, 1.807) is 6.26 Å². The number of hydrogen-bond donors (Lipinski definition) is 1. The van der Waals surface area contributed by atoms with Crippen molar-refractivity contribution in [2.75, 3.05) is 0 Å². The standard InChI is InChI=1S/C11H12N2OS/c1-3-8-6-9(15)13-11(12-8)10-7(2)4-5-14-10/h4-6H,3H2,1-2H3,(H,12,13,15). The van der Waals surface area contributed by atoms with E-state index in [4.69, 9.17) is 16.6 Å². The second kappa shape index (κ2) is 3.98. The van der Waals surface area contributed by atoms with E-state index in [1.165, 1.54) is 0 Å². The molecule has 0 aliphatic heterocycles. The van der Waals surface area contributed by atoms with Gasteiger partial charge in [0.1, 0.15) is 4.64 Å². The van der Waals surface area contributed by atoms with Gasteiger partial charge in [0.2, 0.25) is 0 Å². The average molecular weight is 220 g/mol. The summed E-state index contributed by atoms with van der Waals surface area (Å²) in [5, 5.41) is 0. The van der Waals surface area contributed by atoms with Crippen molar-refractivity contribution in [1.82, 2.24) is 9.97 Å². The molecule has 3 nitrogen and oxygen atoms in total. The summed E-state index contributed by atoms with van der Waals surface area (Å²) in [4.78, 5) is 7.46. The number of nitrogens with zero attached hydrogens (tertiary/aromatic N) is 1. The molecule has 0 atom stereocenters. The van der Waals surface area contributed by atoms with Gasteiger partial charge >= 0.3 is 0 Å². The largest absolute Gasteiger partial charge is 0.461 e. The molecule has 78 valence electrons. The van der Waals surface area contributed by atoms with Crippen LogP contribution in [0.25, 0.3) is 11.6 Å². The Bertz CT molecular complexity index is 527. The minimum absolute atomic E-state index is 0.594. The lowest BCUT2D eigenvalue weighted by Crippen LogP contribution is -1.94. The first-order valence-corrected chi connectivity index (χ1v) is 5.26. The lowest BCUT2D eigenvalue weighted by molar-refractivity contribution is 0.575. The molecule has 0 unspecified atom stereocenters. The first kappa shape index (κ1) is 10.1. The Labute approximate surface area is 93.2 Å². The van der Waals surface area contributed by atoms with Crippen LogP contribution < -0.4 is 0 Å². The maximum absolute atomic E-state index is 5.36. The Morgan fingerprint density at radius 2 is 2.33 bits per heavy atom. The summed E-state index contributed by atoms with van der Waals surface area (Å²) < 4.78 is 5.96. The molecule has 0 aliphatic rings. The fourth-order valence-corrected chi connectivity index (χ4v) is 1.65. The van der Waals surface area contributed by atoms with E-state index in [0.717, 1.165) is 23.4 Å². The molecule has 1 N–H and O–H groups in total. The van der Waals surface area contributed by atoms with Crippen molar-refractivity contribution in [2.24, 2.45) is 0 Å². The first-order valence-electron chi connectivity index (χ1n) is 4.85. The van der Waals surface area contributed by atoms with Gasteiger partial charge in [0.25, 0.3) is 0 Å². The van der Waals surface area contributed by atoms with E-state index in [2.05, 4.69) is 16.9 Å². The van der Waals surface area contributed by atoms with Gasteiger partial charge in [0.05, 0.1) is 6.26 Å². The smallest absolute Gasteiger partial charge is 0.175 e. The molecular formula is C11H12N2OS. The van der Waals surface area contributed by atoms with Gasteiger partial charge in [0, 0.05) is 5.69 Å². The minimum atomic E-state index is 0.594. The second-order valence-corrected chi connectivity index (χ2v) is 3.80. The fraction of sp³-hybridized carbons (Fsp3) is 0.273. The molecule has 2 aromatic rings. The molecular weight excluding hydrogens is 208 g/mol. The summed E-state index contributed by atoms with van der Waals surface area (Å²) in [6.45, 7) is 4.05. The maximum atomic E-state index is 5.36. The van der Waals surface area contributed by atoms with Crippen LogP contribution in [-0.4, -0.2) is 9.97 Å². The summed E-state index contributed by atoms with van der Waals surface area (Å²) >= 11 is 5.10. The van der Waals surface area contributed by atoms with E-state index in [0.29, 0.717) is 10.5 Å². The summed E-state index contributed by atoms with van der Waals surface area (Å²) in [6.07, 6.45) is 2.56. The molecule has 0 bridgehead atoms. The Morgan fingerprint density at radius 3 is 2.93 bits per heavy atom. The molecule has 0 saturated heterocycles. The zero-order valence-electron chi connectivity index (χ0n) is 8.70. The maximum Gasteiger partial charge on any atom is 0.175 e. The number of furan rings is 1. The molecule has 0 fully saturated rings. The van der Waals surface area contributed by atoms with Crippen LogP contribution in [0.2, 0.25) is 0 Å². The third-order valence-electron chi connectivity index (χ3n) is 2.26. The van der Waals surface area contributed by atoms with Gasteiger partial charge in [-0.25, -0.2) is 4.98 Å². The van der Waals surface area contributed by atoms with Crippen LogP contribution in [0.5, 0.6) is 0 Å². The van der Waals surface area contributed by atoms with E-state index < -0.39 is 0 Å². The van der Waals surface area contributed by atoms with Gasteiger partial charge in [-0.1, -0.05) is 19.1 Å². The first-order chi connectivity index (χ1) is 7.20. The van der Waals surface area contributed by atoms with Crippen molar-refractivity contribution in [3.05, 3.63) is 34.3 Å². The lowest BCUT2D eigenvalue weighted by atomic mass is 10.2. The zero-order valence-corrected chi connectivity index (χ0v) is 9.52. The molecule has 0 aliphatic carbocycles. The van der Waals surface area contributed by atoms with Gasteiger partial charge in [0.15, 0.2) is 11.6 Å². The SMILES string of the molecule is CCc1cc(=S)nc(-c2occc2C)[nH]1. The van der Waals surface area contributed by atoms with Crippen LogP contribution >= 0.6 is 12.2 Å². The average Bonchev–Trinajstić information content (AvgIpc) is 2.63. The quantitative estimate of drug-likeness (QED) is 0.790. The monoisotopic (exact) mass is 220 g/mol. The molecule has 0 saturated carbocycles. The minimum Gasteiger partial charge on any atom is -0.461 e. The van der Waals surface area contributed by atoms with Gasteiger partial charge in [-0.2, -0.15) is 0 Å². The highest BCUT2D eigenvalue weighted by molar-refractivity contribution is 7.71. The summed E-state index contributed by atoms with van der Waals surface area (Å²) in [5.41, 5.74) is 2.13. The van der Waals surface area contributed by atoms with Crippen molar-refractivity contribution in [2.45, 2.75) is 20.3 Å². The highest BCUT2D eigenvalue weighted by atomic mass is 32.1. The van der Waals surface area contributed by atoms with Crippen LogP contribution in [-0.2, 0) is 6.42 Å². The lowest BCUT2D eigenvalue weighted by Gasteiger charge is -2.02. The molecule has 2 aromatic heterocycles. The normalized spacial score (nSPS) is 10.5. The third kappa shape index (κ3) is 1.99. The number of aromatic nitrogens is 2. The van der Waals surface area contributed by atoms with Crippen molar-refractivity contribution >= 4 is 12.2 Å². The highest BCUT2D eigenvalue weighted by Gasteiger charge is 2.08. The molecule has 0 radical (unpaired) electrons. The van der Waals surface area contributed by atoms with Gasteiger partial charge < -0.3 is 9.40 Å². The van der Waals surface area contributed by atoms with E-state index in [1.807, 2.05) is 19.1 Å². The van der Waals surface area contributed by atoms with E-state index in [9.17, 15) is 0 Å². The molecule has 15 heavy (non-hydrogen) atoms. The van der Waals surface area contributed by atoms with Gasteiger partial charge in [-0.05, 0) is 31.0 Å². The van der Waals surface area contributed by atoms with Gasteiger partial charge in [-0.3, -0.25) is 0 Å². The fourth-order valence-electron chi connectivity index (χ4n) is 1.42. The van der Waals surface area contributed by atoms with Crippen molar-refractivity contribution < 1.29 is 4.42 Å². The van der Waals surface area contributed by atoms with Crippen molar-refractivity contribution in [3.63, 3.8) is 0 Å². The molecule has 2 rings (SSSR count). The van der Waals surface area contributed by atoms with Crippen LogP contribution in [0.3, 0.4) is 0 Å². The van der Waals surface area contributed by atoms with Crippen LogP contribution in [0, 0.1) is 11.6 Å². The predicted molar refractivity (Wildman–Crippen MR) is 61.2 cm³/mol. The number of nitrogens with one attached hydrogen (secondary N) is 1. The van der Waals surface area contributed by atoms with Gasteiger partial charge in [-0.15, -0.1) is 0 Å². The molecule has 0 amide bonds. The summed E-state index contributed by atoms with van der Waals surface area (Å²) in [6, 6.07) is 3.78. The molecule has 4 heteroatoms. The molecule has 2 heterocycles. The Morgan fingerprint density at radius 1 is 1.53 bits per heavy atom. The Balaban J connectivity index is 2.58. The Hall–Kier alpha value is -1.42.